The Morgan fingerprint density at radius 1 is 1.48 bits per heavy atom. The van der Waals surface area contributed by atoms with Gasteiger partial charge in [0.1, 0.15) is 0 Å². The first kappa shape index (κ1) is 13.8. The smallest absolute Gasteiger partial charge is 0.303 e. The lowest BCUT2D eigenvalue weighted by atomic mass is 10.1. The minimum atomic E-state index is -0.809. The van der Waals surface area contributed by atoms with Crippen molar-refractivity contribution in [1.29, 1.82) is 0 Å². The van der Waals surface area contributed by atoms with Gasteiger partial charge in [0.2, 0.25) is 0 Å². The highest BCUT2D eigenvalue weighted by Crippen LogP contribution is 2.26. The van der Waals surface area contributed by atoms with Crippen LogP contribution in [-0.2, 0) is 4.79 Å². The average molecular weight is 305 g/mol. The fraction of sp³-hybridized carbons (Fsp3) is 0.357. The molecule has 0 radical (unpaired) electrons. The first-order valence-electron chi connectivity index (χ1n) is 6.70. The Labute approximate surface area is 125 Å². The van der Waals surface area contributed by atoms with Crippen molar-refractivity contribution < 1.29 is 14.7 Å². The molecule has 3 N–H and O–H groups in total. The van der Waals surface area contributed by atoms with Gasteiger partial charge in [0.25, 0.3) is 5.91 Å². The predicted molar refractivity (Wildman–Crippen MR) is 80.3 cm³/mol. The highest BCUT2D eigenvalue weighted by molar-refractivity contribution is 7.22. The van der Waals surface area contributed by atoms with E-state index in [2.05, 4.69) is 4.98 Å². The number of carbonyl (C=O) groups excluding carboxylic acids is 1. The number of hydrogen-bond acceptors (Lipinski definition) is 5. The van der Waals surface area contributed by atoms with E-state index in [4.69, 9.17) is 10.8 Å². The lowest BCUT2D eigenvalue weighted by Crippen LogP contribution is -2.28. The van der Waals surface area contributed by atoms with Crippen LogP contribution in [0, 0.1) is 5.92 Å². The lowest BCUT2D eigenvalue weighted by Gasteiger charge is -2.16. The third-order valence-corrected chi connectivity index (χ3v) is 4.54. The number of thiazole rings is 1. The van der Waals surface area contributed by atoms with Crippen LogP contribution in [0.25, 0.3) is 10.2 Å². The van der Waals surface area contributed by atoms with Crippen molar-refractivity contribution in [2.45, 2.75) is 12.8 Å². The highest BCUT2D eigenvalue weighted by atomic mass is 32.1. The van der Waals surface area contributed by atoms with Crippen LogP contribution in [0.15, 0.2) is 18.2 Å². The highest BCUT2D eigenvalue weighted by Gasteiger charge is 2.28. The second-order valence-corrected chi connectivity index (χ2v) is 6.30. The maximum atomic E-state index is 12.5. The summed E-state index contributed by atoms with van der Waals surface area (Å²) in [5.41, 5.74) is 7.05. The molecule has 7 heteroatoms. The van der Waals surface area contributed by atoms with E-state index in [-0.39, 0.29) is 18.2 Å². The summed E-state index contributed by atoms with van der Waals surface area (Å²) < 4.78 is 0.889. The Morgan fingerprint density at radius 3 is 3.05 bits per heavy atom. The summed E-state index contributed by atoms with van der Waals surface area (Å²) in [7, 11) is 0. The number of likely N-dealkylation sites (tertiary alicyclic amines) is 1. The summed E-state index contributed by atoms with van der Waals surface area (Å²) in [5, 5.41) is 9.30. The predicted octanol–water partition coefficient (Wildman–Crippen LogP) is 1.82. The zero-order chi connectivity index (χ0) is 15.0. The number of nitrogens with zero attached hydrogens (tertiary/aromatic N) is 2. The number of carboxylic acids is 1. The van der Waals surface area contributed by atoms with E-state index in [1.54, 1.807) is 23.1 Å². The second-order valence-electron chi connectivity index (χ2n) is 5.24. The standard InChI is InChI=1S/C14H15N3O3S/c15-14-16-10-2-1-9(6-11(10)21-14)13(20)17-4-3-8(7-17)5-12(18)19/h1-2,6,8H,3-5,7H2,(H2,15,16)(H,18,19). The molecule has 1 amide bonds. The van der Waals surface area contributed by atoms with Gasteiger partial charge in [-0.05, 0) is 30.5 Å². The van der Waals surface area contributed by atoms with E-state index >= 15 is 0 Å². The van der Waals surface area contributed by atoms with Crippen LogP contribution in [0.4, 0.5) is 5.13 Å². The van der Waals surface area contributed by atoms with E-state index in [1.807, 2.05) is 0 Å². The fourth-order valence-corrected chi connectivity index (χ4v) is 3.46. The van der Waals surface area contributed by atoms with Gasteiger partial charge in [-0.1, -0.05) is 11.3 Å². The molecule has 2 heterocycles. The monoisotopic (exact) mass is 305 g/mol. The number of carboxylic acid groups (broad SMARTS) is 1. The van der Waals surface area contributed by atoms with Crippen molar-refractivity contribution in [3.05, 3.63) is 23.8 Å². The zero-order valence-electron chi connectivity index (χ0n) is 11.3. The molecule has 1 aromatic carbocycles. The molecule has 1 fully saturated rings. The number of aliphatic carboxylic acids is 1. The lowest BCUT2D eigenvalue weighted by molar-refractivity contribution is -0.138. The first-order chi connectivity index (χ1) is 10.0. The van der Waals surface area contributed by atoms with E-state index in [1.165, 1.54) is 11.3 Å². The topological polar surface area (TPSA) is 96.5 Å². The maximum Gasteiger partial charge on any atom is 0.303 e. The molecule has 0 spiro atoms. The first-order valence-corrected chi connectivity index (χ1v) is 7.51. The summed E-state index contributed by atoms with van der Waals surface area (Å²) >= 11 is 1.35. The van der Waals surface area contributed by atoms with Crippen LogP contribution in [0.3, 0.4) is 0 Å². The second kappa shape index (κ2) is 5.33. The third-order valence-electron chi connectivity index (χ3n) is 3.69. The van der Waals surface area contributed by atoms with Gasteiger partial charge in [0.15, 0.2) is 5.13 Å². The molecule has 3 rings (SSSR count). The van der Waals surface area contributed by atoms with Crippen LogP contribution >= 0.6 is 11.3 Å². The SMILES string of the molecule is Nc1nc2ccc(C(=O)N3CCC(CC(=O)O)C3)cc2s1. The van der Waals surface area contributed by atoms with Crippen LogP contribution in [0.2, 0.25) is 0 Å². The number of aromatic nitrogens is 1. The van der Waals surface area contributed by atoms with Gasteiger partial charge in [-0.2, -0.15) is 0 Å². The van der Waals surface area contributed by atoms with Crippen LogP contribution in [-0.4, -0.2) is 40.0 Å². The fourth-order valence-electron chi connectivity index (χ4n) is 2.69. The van der Waals surface area contributed by atoms with Gasteiger partial charge >= 0.3 is 5.97 Å². The largest absolute Gasteiger partial charge is 0.481 e. The maximum absolute atomic E-state index is 12.5. The molecule has 0 saturated carbocycles. The molecule has 1 saturated heterocycles. The van der Waals surface area contributed by atoms with Crippen LogP contribution in [0.1, 0.15) is 23.2 Å². The van der Waals surface area contributed by atoms with E-state index in [0.29, 0.717) is 23.8 Å². The van der Waals surface area contributed by atoms with Gasteiger partial charge in [-0.15, -0.1) is 0 Å². The molecule has 0 aliphatic carbocycles. The van der Waals surface area contributed by atoms with E-state index in [9.17, 15) is 9.59 Å². The van der Waals surface area contributed by atoms with Crippen molar-refractivity contribution in [2.75, 3.05) is 18.8 Å². The number of benzene rings is 1. The molecule has 6 nitrogen and oxygen atoms in total. The Morgan fingerprint density at radius 2 is 2.29 bits per heavy atom. The van der Waals surface area contributed by atoms with E-state index < -0.39 is 5.97 Å². The summed E-state index contributed by atoms with van der Waals surface area (Å²) in [6.07, 6.45) is 0.863. The Bertz CT molecular complexity index is 713. The number of carbonyl (C=O) groups is 2. The number of nitrogens with two attached hydrogens (primary N) is 1. The zero-order valence-corrected chi connectivity index (χ0v) is 12.1. The Hall–Kier alpha value is -2.15. The molecule has 1 aliphatic rings. The Kier molecular flexibility index (Phi) is 3.50. The van der Waals surface area contributed by atoms with Gasteiger partial charge in [-0.3, -0.25) is 9.59 Å². The Balaban J connectivity index is 1.76. The van der Waals surface area contributed by atoms with Crippen LogP contribution in [0.5, 0.6) is 0 Å². The van der Waals surface area contributed by atoms with Crippen molar-refractivity contribution in [3.8, 4) is 0 Å². The number of hydrogen-bond donors (Lipinski definition) is 2. The van der Waals surface area contributed by atoms with Crippen molar-refractivity contribution >= 4 is 38.6 Å². The molecular weight excluding hydrogens is 290 g/mol. The van der Waals surface area contributed by atoms with Crippen LogP contribution < -0.4 is 5.73 Å². The van der Waals surface area contributed by atoms with Gasteiger partial charge in [0, 0.05) is 25.1 Å². The summed E-state index contributed by atoms with van der Waals surface area (Å²) in [6.45, 7) is 1.12. The van der Waals surface area contributed by atoms with E-state index in [0.717, 1.165) is 16.6 Å². The van der Waals surface area contributed by atoms with Gasteiger partial charge < -0.3 is 15.7 Å². The minimum Gasteiger partial charge on any atom is -0.481 e. The molecule has 2 aromatic rings. The number of rotatable bonds is 3. The molecular formula is C14H15N3O3S. The third kappa shape index (κ3) is 2.82. The molecule has 1 aliphatic heterocycles. The number of amides is 1. The van der Waals surface area contributed by atoms with Gasteiger partial charge in [0.05, 0.1) is 10.2 Å². The molecule has 1 unspecified atom stereocenters. The number of nitrogen functional groups attached to an aromatic ring is 1. The normalized spacial score (nSPS) is 18.3. The summed E-state index contributed by atoms with van der Waals surface area (Å²) in [5.74, 6) is -0.818. The van der Waals surface area contributed by atoms with Crippen molar-refractivity contribution in [2.24, 2.45) is 5.92 Å². The molecule has 21 heavy (non-hydrogen) atoms. The number of fused-ring (bicyclic) bond motifs is 1. The van der Waals surface area contributed by atoms with Crippen molar-refractivity contribution in [1.82, 2.24) is 9.88 Å². The van der Waals surface area contributed by atoms with Crippen molar-refractivity contribution in [3.63, 3.8) is 0 Å². The molecule has 1 atom stereocenters. The molecule has 110 valence electrons. The number of anilines is 1. The van der Waals surface area contributed by atoms with Gasteiger partial charge in [-0.25, -0.2) is 4.98 Å². The average Bonchev–Trinajstić information content (AvgIpc) is 3.01. The summed E-state index contributed by atoms with van der Waals surface area (Å²) in [4.78, 5) is 29.1. The molecule has 0 bridgehead atoms. The summed E-state index contributed by atoms with van der Waals surface area (Å²) in [6, 6.07) is 5.34. The molecule has 1 aromatic heterocycles. The minimum absolute atomic E-state index is 0.0502. The quantitative estimate of drug-likeness (QED) is 0.901.